The number of halogens is 1. The van der Waals surface area contributed by atoms with E-state index in [2.05, 4.69) is 5.32 Å². The summed E-state index contributed by atoms with van der Waals surface area (Å²) in [5, 5.41) is 3.84. The first-order valence-electron chi connectivity index (χ1n) is 10.3. The molecule has 2 amide bonds. The minimum absolute atomic E-state index is 0.105. The fourth-order valence-electron chi connectivity index (χ4n) is 3.52. The highest BCUT2D eigenvalue weighted by Gasteiger charge is 2.28. The molecule has 1 aliphatic heterocycles. The second-order valence-corrected chi connectivity index (χ2v) is 8.73. The molecule has 0 unspecified atom stereocenters. The Morgan fingerprint density at radius 3 is 2.50 bits per heavy atom. The van der Waals surface area contributed by atoms with Gasteiger partial charge < -0.3 is 19.7 Å². The third-order valence-electron chi connectivity index (χ3n) is 5.14. The van der Waals surface area contributed by atoms with Crippen molar-refractivity contribution in [3.05, 3.63) is 70.7 Å². The lowest BCUT2D eigenvalue weighted by Crippen LogP contribution is -2.41. The summed E-state index contributed by atoms with van der Waals surface area (Å²) in [5.41, 5.74) is 2.36. The number of anilines is 1. The number of hydrogen-bond acceptors (Lipinski definition) is 5. The van der Waals surface area contributed by atoms with E-state index >= 15 is 0 Å². The number of morpholine rings is 1. The van der Waals surface area contributed by atoms with Crippen molar-refractivity contribution in [2.75, 3.05) is 38.2 Å². The van der Waals surface area contributed by atoms with Gasteiger partial charge in [-0.3, -0.25) is 9.59 Å². The fourth-order valence-corrected chi connectivity index (χ4v) is 4.93. The van der Waals surface area contributed by atoms with E-state index in [4.69, 9.17) is 21.1 Å². The number of para-hydroxylation sites is 1. The van der Waals surface area contributed by atoms with Gasteiger partial charge in [-0.25, -0.2) is 0 Å². The zero-order valence-corrected chi connectivity index (χ0v) is 19.2. The molecule has 0 atom stereocenters. The zero-order valence-electron chi connectivity index (χ0n) is 17.6. The summed E-state index contributed by atoms with van der Waals surface area (Å²) in [4.78, 5) is 28.8. The Morgan fingerprint density at radius 2 is 1.78 bits per heavy atom. The van der Waals surface area contributed by atoms with Crippen LogP contribution in [0.5, 0.6) is 5.75 Å². The average molecular weight is 471 g/mol. The van der Waals surface area contributed by atoms with Crippen LogP contribution in [0.4, 0.5) is 5.00 Å². The van der Waals surface area contributed by atoms with Crippen LogP contribution in [0.15, 0.2) is 54.6 Å². The van der Waals surface area contributed by atoms with Crippen LogP contribution in [0.1, 0.15) is 15.9 Å². The molecule has 3 aromatic rings. The molecule has 4 rings (SSSR count). The Morgan fingerprint density at radius 1 is 1.09 bits per heavy atom. The first-order chi connectivity index (χ1) is 15.5. The predicted octanol–water partition coefficient (Wildman–Crippen LogP) is 4.87. The second kappa shape index (κ2) is 10.2. The normalized spacial score (nSPS) is 13.6. The number of amides is 2. The maximum atomic E-state index is 13.4. The van der Waals surface area contributed by atoms with Crippen molar-refractivity contribution in [3.8, 4) is 16.2 Å². The van der Waals surface area contributed by atoms with Crippen LogP contribution in [-0.2, 0) is 9.53 Å². The Labute approximate surface area is 195 Å². The van der Waals surface area contributed by atoms with Gasteiger partial charge in [0.05, 0.1) is 23.8 Å². The van der Waals surface area contributed by atoms with Crippen molar-refractivity contribution in [1.82, 2.24) is 4.90 Å². The summed E-state index contributed by atoms with van der Waals surface area (Å²) in [6.45, 7) is 3.77. The minimum Gasteiger partial charge on any atom is -0.482 e. The highest BCUT2D eigenvalue weighted by molar-refractivity contribution is 7.20. The molecule has 166 valence electrons. The van der Waals surface area contributed by atoms with Crippen molar-refractivity contribution < 1.29 is 19.1 Å². The number of nitrogens with one attached hydrogen (secondary N) is 1. The van der Waals surface area contributed by atoms with E-state index in [1.54, 1.807) is 29.2 Å². The molecule has 1 aliphatic rings. The summed E-state index contributed by atoms with van der Waals surface area (Å²) in [6.07, 6.45) is 0. The maximum absolute atomic E-state index is 13.4. The van der Waals surface area contributed by atoms with Crippen LogP contribution in [0.25, 0.3) is 10.4 Å². The molecule has 6 nitrogen and oxygen atoms in total. The van der Waals surface area contributed by atoms with E-state index in [9.17, 15) is 9.59 Å². The average Bonchev–Trinajstić information content (AvgIpc) is 3.14. The monoisotopic (exact) mass is 470 g/mol. The molecule has 1 fully saturated rings. The van der Waals surface area contributed by atoms with E-state index in [0.29, 0.717) is 47.6 Å². The molecule has 2 heterocycles. The maximum Gasteiger partial charge on any atom is 0.262 e. The smallest absolute Gasteiger partial charge is 0.262 e. The summed E-state index contributed by atoms with van der Waals surface area (Å²) in [5.74, 6) is -0.0327. The molecule has 0 saturated carbocycles. The number of thiophene rings is 1. The predicted molar refractivity (Wildman–Crippen MR) is 127 cm³/mol. The lowest BCUT2D eigenvalue weighted by Gasteiger charge is -2.27. The number of nitrogens with zero attached hydrogens (tertiary/aromatic N) is 1. The van der Waals surface area contributed by atoms with Gasteiger partial charge in [-0.05, 0) is 30.2 Å². The first kappa shape index (κ1) is 22.3. The molecule has 1 aromatic heterocycles. The van der Waals surface area contributed by atoms with Gasteiger partial charge in [-0.1, -0.05) is 54.1 Å². The van der Waals surface area contributed by atoms with Crippen molar-refractivity contribution in [2.24, 2.45) is 0 Å². The van der Waals surface area contributed by atoms with Crippen LogP contribution in [-0.4, -0.2) is 49.6 Å². The molecular formula is C24H23ClN2O4S. The van der Waals surface area contributed by atoms with Gasteiger partial charge in [0.2, 0.25) is 0 Å². The molecule has 0 radical (unpaired) electrons. The largest absolute Gasteiger partial charge is 0.482 e. The molecular weight excluding hydrogens is 448 g/mol. The SMILES string of the molecule is Cc1c(-c2ccccc2)sc(NC(=O)COc2ccccc2Cl)c1C(=O)N1CCOCC1. The van der Waals surface area contributed by atoms with Crippen molar-refractivity contribution in [2.45, 2.75) is 6.92 Å². The van der Waals surface area contributed by atoms with Crippen molar-refractivity contribution in [1.29, 1.82) is 0 Å². The van der Waals surface area contributed by atoms with Gasteiger partial charge in [0.25, 0.3) is 11.8 Å². The van der Waals surface area contributed by atoms with Gasteiger partial charge in [0.1, 0.15) is 10.8 Å². The molecule has 1 N–H and O–H groups in total. The Kier molecular flexibility index (Phi) is 7.09. The van der Waals surface area contributed by atoms with E-state index in [1.807, 2.05) is 37.3 Å². The van der Waals surface area contributed by atoms with Crippen molar-refractivity contribution in [3.63, 3.8) is 0 Å². The summed E-state index contributed by atoms with van der Waals surface area (Å²) >= 11 is 7.49. The number of benzene rings is 2. The second-order valence-electron chi connectivity index (χ2n) is 7.30. The molecule has 0 bridgehead atoms. The van der Waals surface area contributed by atoms with Gasteiger partial charge in [0.15, 0.2) is 6.61 Å². The zero-order chi connectivity index (χ0) is 22.5. The minimum atomic E-state index is -0.359. The van der Waals surface area contributed by atoms with Gasteiger partial charge in [0, 0.05) is 18.0 Å². The van der Waals surface area contributed by atoms with E-state index in [0.717, 1.165) is 16.0 Å². The van der Waals surface area contributed by atoms with E-state index in [1.165, 1.54) is 11.3 Å². The lowest BCUT2D eigenvalue weighted by molar-refractivity contribution is -0.118. The van der Waals surface area contributed by atoms with Crippen LogP contribution in [0.2, 0.25) is 5.02 Å². The van der Waals surface area contributed by atoms with Gasteiger partial charge >= 0.3 is 0 Å². The highest BCUT2D eigenvalue weighted by atomic mass is 35.5. The number of hydrogen-bond donors (Lipinski definition) is 1. The summed E-state index contributed by atoms with van der Waals surface area (Å²) in [7, 11) is 0. The third kappa shape index (κ3) is 4.96. The standard InChI is InChI=1S/C24H23ClN2O4S/c1-16-21(24(29)27-11-13-30-14-12-27)23(32-22(16)17-7-3-2-4-8-17)26-20(28)15-31-19-10-6-5-9-18(19)25/h2-10H,11-15H2,1H3,(H,26,28). The van der Waals surface area contributed by atoms with Crippen LogP contribution in [0.3, 0.4) is 0 Å². The van der Waals surface area contributed by atoms with Crippen LogP contribution in [0, 0.1) is 6.92 Å². The lowest BCUT2D eigenvalue weighted by atomic mass is 10.1. The summed E-state index contributed by atoms with van der Waals surface area (Å²) in [6, 6.07) is 16.8. The summed E-state index contributed by atoms with van der Waals surface area (Å²) < 4.78 is 10.9. The molecule has 1 saturated heterocycles. The number of carbonyl (C=O) groups is 2. The molecule has 0 aliphatic carbocycles. The highest BCUT2D eigenvalue weighted by Crippen LogP contribution is 2.40. The van der Waals surface area contributed by atoms with Gasteiger partial charge in [-0.2, -0.15) is 0 Å². The number of ether oxygens (including phenoxy) is 2. The molecule has 0 spiro atoms. The Balaban J connectivity index is 1.60. The van der Waals surface area contributed by atoms with Crippen LogP contribution < -0.4 is 10.1 Å². The van der Waals surface area contributed by atoms with E-state index in [-0.39, 0.29) is 18.4 Å². The van der Waals surface area contributed by atoms with Gasteiger partial charge in [-0.15, -0.1) is 11.3 Å². The van der Waals surface area contributed by atoms with Crippen molar-refractivity contribution >= 4 is 39.8 Å². The Bertz CT molecular complexity index is 1110. The first-order valence-corrected chi connectivity index (χ1v) is 11.5. The number of rotatable bonds is 6. The fraction of sp³-hybridized carbons (Fsp3) is 0.250. The Hall–Kier alpha value is -2.87. The number of carbonyl (C=O) groups excluding carboxylic acids is 2. The quantitative estimate of drug-likeness (QED) is 0.558. The molecule has 32 heavy (non-hydrogen) atoms. The van der Waals surface area contributed by atoms with Crippen LogP contribution >= 0.6 is 22.9 Å². The third-order valence-corrected chi connectivity index (χ3v) is 6.71. The molecule has 2 aromatic carbocycles. The molecule has 8 heteroatoms. The topological polar surface area (TPSA) is 67.9 Å². The van der Waals surface area contributed by atoms with E-state index < -0.39 is 0 Å².